The van der Waals surface area contributed by atoms with Gasteiger partial charge in [0, 0.05) is 51.7 Å². The maximum Gasteiger partial charge on any atom is 0.435 e. The third kappa shape index (κ3) is 5.62. The Balaban J connectivity index is 1.30. The number of anilines is 1. The number of carbonyl (C=O) groups is 3. The second-order valence-electron chi connectivity index (χ2n) is 9.85. The summed E-state index contributed by atoms with van der Waals surface area (Å²) in [4.78, 5) is 44.3. The SMILES string of the molecule is Cn1c(-c2cn(CC3CC3)nc2C(F)(F)F)cnc1C(=O)Nc1ccc(C(=O)N2CCN(C(N)=O)CC2)c(Cl)c1. The van der Waals surface area contributed by atoms with Gasteiger partial charge in [0.25, 0.3) is 11.8 Å². The van der Waals surface area contributed by atoms with Gasteiger partial charge < -0.3 is 25.4 Å². The van der Waals surface area contributed by atoms with Gasteiger partial charge in [-0.1, -0.05) is 11.6 Å². The molecule has 40 heavy (non-hydrogen) atoms. The summed E-state index contributed by atoms with van der Waals surface area (Å²) in [5, 5.41) is 6.48. The topological polar surface area (TPSA) is 131 Å². The predicted molar refractivity (Wildman–Crippen MR) is 139 cm³/mol. The van der Waals surface area contributed by atoms with Crippen LogP contribution in [0.4, 0.5) is 23.7 Å². The summed E-state index contributed by atoms with van der Waals surface area (Å²) in [6, 6.07) is 3.81. The Kier molecular flexibility index (Phi) is 7.21. The number of benzene rings is 1. The van der Waals surface area contributed by atoms with Crippen molar-refractivity contribution in [3.63, 3.8) is 0 Å². The molecule has 5 rings (SSSR count). The highest BCUT2D eigenvalue weighted by Crippen LogP contribution is 2.38. The van der Waals surface area contributed by atoms with Crippen LogP contribution in [0, 0.1) is 5.92 Å². The number of aromatic nitrogens is 4. The molecule has 2 aromatic heterocycles. The minimum absolute atomic E-state index is 0.0925. The average Bonchev–Trinajstić information content (AvgIpc) is 3.47. The van der Waals surface area contributed by atoms with Gasteiger partial charge in [-0.25, -0.2) is 9.78 Å². The lowest BCUT2D eigenvalue weighted by atomic mass is 10.1. The van der Waals surface area contributed by atoms with E-state index in [0.29, 0.717) is 38.6 Å². The molecular formula is C25H26ClF3N8O3. The van der Waals surface area contributed by atoms with Crippen LogP contribution in [0.5, 0.6) is 0 Å². The van der Waals surface area contributed by atoms with Crippen LogP contribution in [0.3, 0.4) is 0 Å². The largest absolute Gasteiger partial charge is 0.435 e. The van der Waals surface area contributed by atoms with Crippen molar-refractivity contribution in [2.45, 2.75) is 25.6 Å². The second-order valence-corrected chi connectivity index (χ2v) is 10.3. The number of alkyl halides is 3. The van der Waals surface area contributed by atoms with Crippen LogP contribution in [0.15, 0.2) is 30.6 Å². The number of imidazole rings is 1. The lowest BCUT2D eigenvalue weighted by Gasteiger charge is -2.33. The third-order valence-corrected chi connectivity index (χ3v) is 7.29. The van der Waals surface area contributed by atoms with E-state index in [4.69, 9.17) is 17.3 Å². The van der Waals surface area contributed by atoms with Gasteiger partial charge in [0.05, 0.1) is 28.0 Å². The molecule has 11 nitrogen and oxygen atoms in total. The number of carbonyl (C=O) groups excluding carboxylic acids is 3. The molecule has 2 aliphatic rings. The number of nitrogens with two attached hydrogens (primary N) is 1. The molecule has 0 spiro atoms. The number of amides is 4. The van der Waals surface area contributed by atoms with Crippen LogP contribution in [-0.4, -0.2) is 73.2 Å². The van der Waals surface area contributed by atoms with Crippen molar-refractivity contribution in [3.8, 4) is 11.3 Å². The fourth-order valence-corrected chi connectivity index (χ4v) is 4.86. The maximum atomic E-state index is 13.7. The number of hydrogen-bond acceptors (Lipinski definition) is 5. The number of hydrogen-bond donors (Lipinski definition) is 2. The molecule has 1 aromatic carbocycles. The number of rotatable bonds is 6. The number of nitrogens with one attached hydrogen (secondary N) is 1. The Labute approximate surface area is 231 Å². The summed E-state index contributed by atoms with van der Waals surface area (Å²) < 4.78 is 43.8. The number of urea groups is 1. The summed E-state index contributed by atoms with van der Waals surface area (Å²) in [7, 11) is 1.45. The molecule has 2 fully saturated rings. The maximum absolute atomic E-state index is 13.7. The summed E-state index contributed by atoms with van der Waals surface area (Å²) in [6.07, 6.45) is -0.222. The molecule has 1 saturated heterocycles. The Hall–Kier alpha value is -4.07. The van der Waals surface area contributed by atoms with Crippen LogP contribution < -0.4 is 11.1 Å². The molecule has 3 N–H and O–H groups in total. The van der Waals surface area contributed by atoms with Crippen LogP contribution in [0.25, 0.3) is 11.3 Å². The monoisotopic (exact) mass is 578 g/mol. The Morgan fingerprint density at radius 1 is 1.12 bits per heavy atom. The zero-order chi connectivity index (χ0) is 28.8. The fraction of sp³-hybridized carbons (Fsp3) is 0.400. The van der Waals surface area contributed by atoms with Gasteiger partial charge in [-0.2, -0.15) is 18.3 Å². The number of piperazine rings is 1. The zero-order valence-corrected chi connectivity index (χ0v) is 22.2. The van der Waals surface area contributed by atoms with E-state index in [1.807, 2.05) is 0 Å². The van der Waals surface area contributed by atoms with Crippen molar-refractivity contribution < 1.29 is 27.6 Å². The van der Waals surface area contributed by atoms with Crippen molar-refractivity contribution in [2.75, 3.05) is 31.5 Å². The van der Waals surface area contributed by atoms with Gasteiger partial charge in [0.1, 0.15) is 0 Å². The van der Waals surface area contributed by atoms with E-state index < -0.39 is 23.8 Å². The molecule has 3 aromatic rings. The van der Waals surface area contributed by atoms with E-state index >= 15 is 0 Å². The summed E-state index contributed by atoms with van der Waals surface area (Å²) in [6.45, 7) is 1.62. The van der Waals surface area contributed by atoms with Crippen molar-refractivity contribution in [1.82, 2.24) is 29.1 Å². The van der Waals surface area contributed by atoms with Gasteiger partial charge in [-0.3, -0.25) is 14.3 Å². The number of nitrogens with zero attached hydrogens (tertiary/aromatic N) is 6. The minimum atomic E-state index is -4.68. The molecule has 0 bridgehead atoms. The van der Waals surface area contributed by atoms with Gasteiger partial charge in [0.15, 0.2) is 11.5 Å². The van der Waals surface area contributed by atoms with Gasteiger partial charge in [-0.05, 0) is 37.0 Å². The van der Waals surface area contributed by atoms with Crippen molar-refractivity contribution in [3.05, 3.63) is 52.7 Å². The molecule has 1 aliphatic carbocycles. The lowest BCUT2D eigenvalue weighted by molar-refractivity contribution is -0.141. The summed E-state index contributed by atoms with van der Waals surface area (Å²) in [5.74, 6) is -0.808. The van der Waals surface area contributed by atoms with E-state index in [0.717, 1.165) is 12.8 Å². The Morgan fingerprint density at radius 2 is 1.80 bits per heavy atom. The third-order valence-electron chi connectivity index (χ3n) is 6.98. The van der Waals surface area contributed by atoms with Crippen molar-refractivity contribution in [1.29, 1.82) is 0 Å². The summed E-state index contributed by atoms with van der Waals surface area (Å²) in [5.41, 5.74) is 4.66. The molecular weight excluding hydrogens is 553 g/mol. The summed E-state index contributed by atoms with van der Waals surface area (Å²) >= 11 is 6.35. The molecule has 3 heterocycles. The first-order valence-electron chi connectivity index (χ1n) is 12.5. The first-order chi connectivity index (χ1) is 18.9. The Morgan fingerprint density at radius 3 is 2.40 bits per heavy atom. The normalized spacial score (nSPS) is 15.8. The van der Waals surface area contributed by atoms with Gasteiger partial charge in [-0.15, -0.1) is 0 Å². The number of primary amides is 1. The van der Waals surface area contributed by atoms with E-state index in [9.17, 15) is 27.6 Å². The van der Waals surface area contributed by atoms with Crippen molar-refractivity contribution >= 4 is 35.1 Å². The van der Waals surface area contributed by atoms with Crippen LogP contribution in [-0.2, 0) is 19.8 Å². The second kappa shape index (κ2) is 10.5. The molecule has 1 saturated carbocycles. The van der Waals surface area contributed by atoms with Crippen LogP contribution in [0.2, 0.25) is 5.02 Å². The average molecular weight is 579 g/mol. The smallest absolute Gasteiger partial charge is 0.351 e. The molecule has 4 amide bonds. The van der Waals surface area contributed by atoms with Crippen LogP contribution >= 0.6 is 11.6 Å². The molecule has 0 atom stereocenters. The first kappa shape index (κ1) is 27.5. The molecule has 15 heteroatoms. The van der Waals surface area contributed by atoms with E-state index in [1.165, 1.54) is 51.8 Å². The fourth-order valence-electron chi connectivity index (χ4n) is 4.60. The highest BCUT2D eigenvalue weighted by Gasteiger charge is 2.39. The highest BCUT2D eigenvalue weighted by atomic mass is 35.5. The highest BCUT2D eigenvalue weighted by molar-refractivity contribution is 6.34. The molecule has 1 aliphatic heterocycles. The first-order valence-corrected chi connectivity index (χ1v) is 12.9. The molecule has 0 unspecified atom stereocenters. The standard InChI is InChI=1S/C25H26ClF3N8O3/c1-34-19(17-13-37(12-14-2-3-14)33-20(17)25(27,28)29)11-31-21(34)22(38)32-15-4-5-16(18(26)10-15)23(39)35-6-8-36(9-7-35)24(30)40/h4-5,10-11,13-14H,2-3,6-9,12H2,1H3,(H2,30,40)(H,32,38). The molecule has 212 valence electrons. The zero-order valence-electron chi connectivity index (χ0n) is 21.4. The van der Waals surface area contributed by atoms with Gasteiger partial charge in [0.2, 0.25) is 0 Å². The van der Waals surface area contributed by atoms with Gasteiger partial charge >= 0.3 is 12.2 Å². The molecule has 0 radical (unpaired) electrons. The Bertz CT molecular complexity index is 1470. The van der Waals surface area contributed by atoms with E-state index in [2.05, 4.69) is 15.4 Å². The van der Waals surface area contributed by atoms with Crippen molar-refractivity contribution in [2.24, 2.45) is 18.7 Å². The minimum Gasteiger partial charge on any atom is -0.351 e. The van der Waals surface area contributed by atoms with E-state index in [1.54, 1.807) is 4.90 Å². The number of halogens is 4. The quantitative estimate of drug-likeness (QED) is 0.462. The predicted octanol–water partition coefficient (Wildman–Crippen LogP) is 3.45. The van der Waals surface area contributed by atoms with Crippen LogP contribution in [0.1, 0.15) is 39.5 Å². The lowest BCUT2D eigenvalue weighted by Crippen LogP contribution is -2.52. The van der Waals surface area contributed by atoms with E-state index in [-0.39, 0.29) is 39.3 Å².